The molecule has 0 bridgehead atoms. The third kappa shape index (κ3) is 5.26. The first-order valence-electron chi connectivity index (χ1n) is 7.45. The van der Waals surface area contributed by atoms with Gasteiger partial charge < -0.3 is 5.32 Å². The Labute approximate surface area is 136 Å². The van der Waals surface area contributed by atoms with Gasteiger partial charge in [0, 0.05) is 32.7 Å². The van der Waals surface area contributed by atoms with Crippen molar-refractivity contribution in [3.8, 4) is 0 Å². The van der Waals surface area contributed by atoms with Crippen molar-refractivity contribution < 1.29 is 17.6 Å². The highest BCUT2D eigenvalue weighted by Crippen LogP contribution is 2.09. The van der Waals surface area contributed by atoms with E-state index in [0.717, 1.165) is 5.56 Å². The van der Waals surface area contributed by atoms with E-state index < -0.39 is 10.0 Å². The summed E-state index contributed by atoms with van der Waals surface area (Å²) in [6, 6.07) is 4.75. The maximum atomic E-state index is 13.2. The van der Waals surface area contributed by atoms with Crippen LogP contribution in [0.2, 0.25) is 0 Å². The fraction of sp³-hybridized carbons (Fsp3) is 0.533. The molecule has 128 valence electrons. The number of carbonyl (C=O) groups excluding carboxylic acids is 1. The van der Waals surface area contributed by atoms with Gasteiger partial charge in [0.25, 0.3) is 0 Å². The summed E-state index contributed by atoms with van der Waals surface area (Å²) in [6.45, 7) is 4.15. The van der Waals surface area contributed by atoms with Gasteiger partial charge in [-0.2, -0.15) is 4.31 Å². The van der Waals surface area contributed by atoms with Crippen molar-refractivity contribution in [2.24, 2.45) is 0 Å². The van der Waals surface area contributed by atoms with Gasteiger partial charge in [-0.25, -0.2) is 12.8 Å². The van der Waals surface area contributed by atoms with E-state index in [1.54, 1.807) is 19.1 Å². The van der Waals surface area contributed by atoms with Gasteiger partial charge in [0.05, 0.1) is 12.8 Å². The minimum Gasteiger partial charge on any atom is -0.351 e. The van der Waals surface area contributed by atoms with Gasteiger partial charge in [0.2, 0.25) is 15.9 Å². The van der Waals surface area contributed by atoms with Crippen molar-refractivity contribution in [1.29, 1.82) is 0 Å². The largest absolute Gasteiger partial charge is 0.351 e. The average molecular weight is 343 g/mol. The summed E-state index contributed by atoms with van der Waals surface area (Å²) in [4.78, 5) is 13.9. The zero-order valence-electron chi connectivity index (χ0n) is 13.4. The SMILES string of the molecule is Cc1cc(CNC(=O)CN2CCN(S(C)(=O)=O)CC2)ccc1F. The Bertz CT molecular complexity index is 671. The molecule has 1 saturated heterocycles. The quantitative estimate of drug-likeness (QED) is 0.836. The van der Waals surface area contributed by atoms with E-state index in [9.17, 15) is 17.6 Å². The molecule has 0 radical (unpaired) electrons. The number of piperazine rings is 1. The highest BCUT2D eigenvalue weighted by Gasteiger charge is 2.24. The third-order valence-electron chi connectivity index (χ3n) is 3.88. The summed E-state index contributed by atoms with van der Waals surface area (Å²) < 4.78 is 37.5. The number of benzene rings is 1. The fourth-order valence-corrected chi connectivity index (χ4v) is 3.32. The number of hydrogen-bond acceptors (Lipinski definition) is 4. The topological polar surface area (TPSA) is 69.7 Å². The lowest BCUT2D eigenvalue weighted by atomic mass is 10.1. The van der Waals surface area contributed by atoms with Gasteiger partial charge in [-0.3, -0.25) is 9.69 Å². The molecule has 2 rings (SSSR count). The lowest BCUT2D eigenvalue weighted by molar-refractivity contribution is -0.122. The van der Waals surface area contributed by atoms with Crippen molar-refractivity contribution in [1.82, 2.24) is 14.5 Å². The smallest absolute Gasteiger partial charge is 0.234 e. The van der Waals surface area contributed by atoms with Gasteiger partial charge >= 0.3 is 0 Å². The van der Waals surface area contributed by atoms with Crippen LogP contribution in [-0.2, 0) is 21.4 Å². The van der Waals surface area contributed by atoms with Crippen LogP contribution in [0.25, 0.3) is 0 Å². The number of nitrogens with one attached hydrogen (secondary N) is 1. The van der Waals surface area contributed by atoms with E-state index in [2.05, 4.69) is 5.32 Å². The highest BCUT2D eigenvalue weighted by molar-refractivity contribution is 7.88. The Kier molecular flexibility index (Phi) is 5.72. The maximum Gasteiger partial charge on any atom is 0.234 e. The Morgan fingerprint density at radius 1 is 1.26 bits per heavy atom. The fourth-order valence-electron chi connectivity index (χ4n) is 2.50. The lowest BCUT2D eigenvalue weighted by Gasteiger charge is -2.32. The normalized spacial score (nSPS) is 17.2. The standard InChI is InChI=1S/C15H22FN3O3S/c1-12-9-13(3-4-14(12)16)10-17-15(20)11-18-5-7-19(8-6-18)23(2,21)22/h3-4,9H,5-8,10-11H2,1-2H3,(H,17,20). The van der Waals surface area contributed by atoms with Crippen LogP contribution in [0.15, 0.2) is 18.2 Å². The molecule has 23 heavy (non-hydrogen) atoms. The first-order chi connectivity index (χ1) is 10.8. The van der Waals surface area contributed by atoms with Crippen LogP contribution in [0.1, 0.15) is 11.1 Å². The van der Waals surface area contributed by atoms with Gasteiger partial charge in [-0.05, 0) is 24.1 Å². The minimum atomic E-state index is -3.16. The molecule has 1 aromatic rings. The first kappa shape index (κ1) is 17.8. The second-order valence-corrected chi connectivity index (χ2v) is 7.78. The van der Waals surface area contributed by atoms with Crippen LogP contribution in [-0.4, -0.2) is 62.5 Å². The minimum absolute atomic E-state index is 0.125. The molecule has 0 aromatic heterocycles. The molecule has 0 atom stereocenters. The molecule has 1 aliphatic heterocycles. The van der Waals surface area contributed by atoms with Crippen LogP contribution < -0.4 is 5.32 Å². The molecule has 6 nitrogen and oxygen atoms in total. The zero-order chi connectivity index (χ0) is 17.0. The van der Waals surface area contributed by atoms with Gasteiger partial charge in [-0.1, -0.05) is 12.1 Å². The molecule has 1 aromatic carbocycles. The highest BCUT2D eigenvalue weighted by atomic mass is 32.2. The number of aryl methyl sites for hydroxylation is 1. The van der Waals surface area contributed by atoms with Crippen LogP contribution in [0.3, 0.4) is 0 Å². The summed E-state index contributed by atoms with van der Waals surface area (Å²) in [5.74, 6) is -0.386. The monoisotopic (exact) mass is 343 g/mol. The van der Waals surface area contributed by atoms with Crippen molar-refractivity contribution in [3.63, 3.8) is 0 Å². The Morgan fingerprint density at radius 2 is 1.91 bits per heavy atom. The van der Waals surface area contributed by atoms with Gasteiger partial charge in [0.1, 0.15) is 5.82 Å². The van der Waals surface area contributed by atoms with E-state index in [4.69, 9.17) is 0 Å². The second kappa shape index (κ2) is 7.37. The van der Waals surface area contributed by atoms with Crippen molar-refractivity contribution in [2.45, 2.75) is 13.5 Å². The molecule has 0 aliphatic carbocycles. The van der Waals surface area contributed by atoms with Gasteiger partial charge in [0.15, 0.2) is 0 Å². The number of sulfonamides is 1. The van der Waals surface area contributed by atoms with E-state index in [-0.39, 0.29) is 18.3 Å². The molecular weight excluding hydrogens is 321 g/mol. The first-order valence-corrected chi connectivity index (χ1v) is 9.30. The molecule has 0 saturated carbocycles. The maximum absolute atomic E-state index is 13.2. The van der Waals surface area contributed by atoms with Crippen LogP contribution in [0, 0.1) is 12.7 Å². The van der Waals surface area contributed by atoms with Gasteiger partial charge in [-0.15, -0.1) is 0 Å². The van der Waals surface area contributed by atoms with Crippen molar-refractivity contribution >= 4 is 15.9 Å². The van der Waals surface area contributed by atoms with Crippen LogP contribution in [0.5, 0.6) is 0 Å². The van der Waals surface area contributed by atoms with E-state index in [1.807, 2.05) is 4.90 Å². The molecule has 1 amide bonds. The summed E-state index contributed by atoms with van der Waals surface area (Å²) in [5.41, 5.74) is 1.40. The molecule has 8 heteroatoms. The Morgan fingerprint density at radius 3 is 2.48 bits per heavy atom. The Balaban J connectivity index is 1.76. The summed E-state index contributed by atoms with van der Waals surface area (Å²) in [6.07, 6.45) is 1.19. The average Bonchev–Trinajstić information content (AvgIpc) is 2.48. The molecule has 0 spiro atoms. The number of amides is 1. The lowest BCUT2D eigenvalue weighted by Crippen LogP contribution is -2.50. The van der Waals surface area contributed by atoms with Crippen molar-refractivity contribution in [3.05, 3.63) is 35.1 Å². The molecule has 1 N–H and O–H groups in total. The van der Waals surface area contributed by atoms with E-state index in [1.165, 1.54) is 16.6 Å². The number of nitrogens with zero attached hydrogens (tertiary/aromatic N) is 2. The number of halogens is 1. The van der Waals surface area contributed by atoms with E-state index >= 15 is 0 Å². The molecule has 1 fully saturated rings. The summed E-state index contributed by atoms with van der Waals surface area (Å²) in [5, 5.41) is 2.80. The summed E-state index contributed by atoms with van der Waals surface area (Å²) in [7, 11) is -3.16. The zero-order valence-corrected chi connectivity index (χ0v) is 14.2. The molecular formula is C15H22FN3O3S. The van der Waals surface area contributed by atoms with Crippen LogP contribution in [0.4, 0.5) is 4.39 Å². The number of rotatable bonds is 5. The predicted octanol–water partition coefficient (Wildman–Crippen LogP) is 0.328. The third-order valence-corrected chi connectivity index (χ3v) is 5.18. The number of carbonyl (C=O) groups is 1. The summed E-state index contributed by atoms with van der Waals surface area (Å²) >= 11 is 0. The van der Waals surface area contributed by atoms with Crippen LogP contribution >= 0.6 is 0 Å². The number of hydrogen-bond donors (Lipinski definition) is 1. The van der Waals surface area contributed by atoms with E-state index in [0.29, 0.717) is 38.3 Å². The van der Waals surface area contributed by atoms with Crippen molar-refractivity contribution in [2.75, 3.05) is 39.0 Å². The molecule has 1 aliphatic rings. The Hall–Kier alpha value is -1.51. The predicted molar refractivity (Wildman–Crippen MR) is 85.8 cm³/mol. The molecule has 0 unspecified atom stereocenters. The molecule has 1 heterocycles. The second-order valence-electron chi connectivity index (χ2n) is 5.80.